The van der Waals surface area contributed by atoms with Gasteiger partial charge in [0.1, 0.15) is 0 Å². The lowest BCUT2D eigenvalue weighted by Crippen LogP contribution is -2.35. The second-order valence-corrected chi connectivity index (χ2v) is 6.02. The Morgan fingerprint density at radius 2 is 1.70 bits per heavy atom. The first-order chi connectivity index (χ1) is 11.2. The van der Waals surface area contributed by atoms with E-state index in [0.29, 0.717) is 5.56 Å². The predicted molar refractivity (Wildman–Crippen MR) is 91.4 cm³/mol. The number of benzene rings is 2. The highest BCUT2D eigenvalue weighted by Crippen LogP contribution is 2.15. The fraction of sp³-hybridized carbons (Fsp3) is 0.316. The van der Waals surface area contributed by atoms with Crippen LogP contribution in [0.25, 0.3) is 0 Å². The van der Waals surface area contributed by atoms with Crippen LogP contribution in [0.2, 0.25) is 0 Å². The van der Waals surface area contributed by atoms with E-state index in [-0.39, 0.29) is 12.0 Å². The van der Waals surface area contributed by atoms with E-state index >= 15 is 0 Å². The number of aliphatic hydroxyl groups is 1. The third kappa shape index (κ3) is 4.41. The SMILES string of the molecule is O=C(Nc1ccccc1)c1ccc(CN2CCC(O)CC2)cc1. The maximum absolute atomic E-state index is 12.2. The lowest BCUT2D eigenvalue weighted by molar-refractivity contribution is 0.0792. The largest absolute Gasteiger partial charge is 0.393 e. The average Bonchev–Trinajstić information content (AvgIpc) is 2.58. The minimum Gasteiger partial charge on any atom is -0.393 e. The van der Waals surface area contributed by atoms with Crippen molar-refractivity contribution in [2.24, 2.45) is 0 Å². The Kier molecular flexibility index (Phi) is 5.05. The number of rotatable bonds is 4. The molecule has 2 aromatic carbocycles. The first kappa shape index (κ1) is 15.7. The maximum Gasteiger partial charge on any atom is 0.255 e. The summed E-state index contributed by atoms with van der Waals surface area (Å²) in [7, 11) is 0. The maximum atomic E-state index is 12.2. The number of amides is 1. The van der Waals surface area contributed by atoms with Crippen LogP contribution in [-0.4, -0.2) is 35.1 Å². The molecule has 4 nitrogen and oxygen atoms in total. The molecule has 4 heteroatoms. The van der Waals surface area contributed by atoms with E-state index in [1.807, 2.05) is 54.6 Å². The molecule has 23 heavy (non-hydrogen) atoms. The van der Waals surface area contributed by atoms with Crippen LogP contribution >= 0.6 is 0 Å². The molecule has 1 aliphatic heterocycles. The van der Waals surface area contributed by atoms with Crippen LogP contribution in [0, 0.1) is 0 Å². The Bertz CT molecular complexity index is 632. The molecule has 0 atom stereocenters. The number of likely N-dealkylation sites (tertiary alicyclic amines) is 1. The van der Waals surface area contributed by atoms with Crippen LogP contribution < -0.4 is 5.32 Å². The van der Waals surface area contributed by atoms with Gasteiger partial charge in [-0.2, -0.15) is 0 Å². The molecule has 0 aliphatic carbocycles. The highest BCUT2D eigenvalue weighted by atomic mass is 16.3. The van der Waals surface area contributed by atoms with Crippen LogP contribution in [0.15, 0.2) is 54.6 Å². The Morgan fingerprint density at radius 1 is 1.04 bits per heavy atom. The van der Waals surface area contributed by atoms with Gasteiger partial charge in [-0.15, -0.1) is 0 Å². The number of hydrogen-bond acceptors (Lipinski definition) is 3. The number of nitrogens with zero attached hydrogens (tertiary/aromatic N) is 1. The average molecular weight is 310 g/mol. The van der Waals surface area contributed by atoms with Crippen molar-refractivity contribution in [2.45, 2.75) is 25.5 Å². The second kappa shape index (κ2) is 7.40. The molecule has 0 aromatic heterocycles. The molecular formula is C19H22N2O2. The van der Waals surface area contributed by atoms with Gasteiger partial charge in [0.2, 0.25) is 0 Å². The second-order valence-electron chi connectivity index (χ2n) is 6.02. The summed E-state index contributed by atoms with van der Waals surface area (Å²) in [6, 6.07) is 17.2. The Balaban J connectivity index is 1.57. The summed E-state index contributed by atoms with van der Waals surface area (Å²) in [5.41, 5.74) is 2.65. The molecule has 2 aromatic rings. The third-order valence-electron chi connectivity index (χ3n) is 4.21. The van der Waals surface area contributed by atoms with Crippen molar-refractivity contribution >= 4 is 11.6 Å². The zero-order valence-corrected chi connectivity index (χ0v) is 13.1. The van der Waals surface area contributed by atoms with Crippen molar-refractivity contribution in [3.8, 4) is 0 Å². The zero-order chi connectivity index (χ0) is 16.1. The number of anilines is 1. The lowest BCUT2D eigenvalue weighted by Gasteiger charge is -2.29. The summed E-state index contributed by atoms with van der Waals surface area (Å²) in [4.78, 5) is 14.5. The smallest absolute Gasteiger partial charge is 0.255 e. The van der Waals surface area contributed by atoms with Gasteiger partial charge < -0.3 is 10.4 Å². The van der Waals surface area contributed by atoms with E-state index in [1.54, 1.807) is 0 Å². The van der Waals surface area contributed by atoms with Crippen molar-refractivity contribution < 1.29 is 9.90 Å². The molecule has 0 unspecified atom stereocenters. The molecule has 1 saturated heterocycles. The molecular weight excluding hydrogens is 288 g/mol. The Hall–Kier alpha value is -2.17. The predicted octanol–water partition coefficient (Wildman–Crippen LogP) is 2.90. The van der Waals surface area contributed by atoms with Gasteiger partial charge in [-0.25, -0.2) is 0 Å². The lowest BCUT2D eigenvalue weighted by atomic mass is 10.1. The fourth-order valence-corrected chi connectivity index (χ4v) is 2.82. The van der Waals surface area contributed by atoms with Gasteiger partial charge in [-0.1, -0.05) is 30.3 Å². The molecule has 120 valence electrons. The van der Waals surface area contributed by atoms with Gasteiger partial charge in [0.15, 0.2) is 0 Å². The molecule has 2 N–H and O–H groups in total. The van der Waals surface area contributed by atoms with E-state index in [1.165, 1.54) is 5.56 Å². The van der Waals surface area contributed by atoms with Gasteiger partial charge in [-0.05, 0) is 42.7 Å². The summed E-state index contributed by atoms with van der Waals surface area (Å²) < 4.78 is 0. The van der Waals surface area contributed by atoms with Crippen LogP contribution in [0.5, 0.6) is 0 Å². The van der Waals surface area contributed by atoms with E-state index in [2.05, 4.69) is 10.2 Å². The number of para-hydroxylation sites is 1. The zero-order valence-electron chi connectivity index (χ0n) is 13.1. The van der Waals surface area contributed by atoms with E-state index < -0.39 is 0 Å². The number of nitrogens with one attached hydrogen (secondary N) is 1. The summed E-state index contributed by atoms with van der Waals surface area (Å²) in [5.74, 6) is -0.0937. The van der Waals surface area contributed by atoms with E-state index in [0.717, 1.165) is 38.2 Å². The van der Waals surface area contributed by atoms with E-state index in [9.17, 15) is 9.90 Å². The minimum atomic E-state index is -0.143. The Labute approximate surface area is 136 Å². The number of aliphatic hydroxyl groups excluding tert-OH is 1. The van der Waals surface area contributed by atoms with E-state index in [4.69, 9.17) is 0 Å². The first-order valence-electron chi connectivity index (χ1n) is 8.06. The quantitative estimate of drug-likeness (QED) is 0.913. The van der Waals surface area contributed by atoms with Crippen molar-refractivity contribution in [1.82, 2.24) is 4.90 Å². The summed E-state index contributed by atoms with van der Waals surface area (Å²) in [6.07, 6.45) is 1.55. The number of piperidine rings is 1. The van der Waals surface area contributed by atoms with Crippen LogP contribution in [0.4, 0.5) is 5.69 Å². The van der Waals surface area contributed by atoms with Gasteiger partial charge in [0.25, 0.3) is 5.91 Å². The van der Waals surface area contributed by atoms with Crippen molar-refractivity contribution in [2.75, 3.05) is 18.4 Å². The standard InChI is InChI=1S/C19H22N2O2/c22-18-10-12-21(13-11-18)14-15-6-8-16(9-7-15)19(23)20-17-4-2-1-3-5-17/h1-9,18,22H,10-14H2,(H,20,23). The minimum absolute atomic E-state index is 0.0937. The summed E-state index contributed by atoms with van der Waals surface area (Å²) in [5, 5.41) is 12.4. The molecule has 3 rings (SSSR count). The molecule has 1 amide bonds. The summed E-state index contributed by atoms with van der Waals surface area (Å²) in [6.45, 7) is 2.72. The van der Waals surface area contributed by atoms with Crippen LogP contribution in [0.3, 0.4) is 0 Å². The van der Waals surface area contributed by atoms with Gasteiger partial charge in [0, 0.05) is 30.9 Å². The van der Waals surface area contributed by atoms with Crippen LogP contribution in [0.1, 0.15) is 28.8 Å². The topological polar surface area (TPSA) is 52.6 Å². The monoisotopic (exact) mass is 310 g/mol. The van der Waals surface area contributed by atoms with Crippen LogP contribution in [-0.2, 0) is 6.54 Å². The highest BCUT2D eigenvalue weighted by Gasteiger charge is 2.17. The first-order valence-corrected chi connectivity index (χ1v) is 8.06. The Morgan fingerprint density at radius 3 is 2.35 bits per heavy atom. The molecule has 1 fully saturated rings. The van der Waals surface area contributed by atoms with Gasteiger partial charge >= 0.3 is 0 Å². The molecule has 1 heterocycles. The molecule has 0 radical (unpaired) electrons. The number of hydrogen-bond donors (Lipinski definition) is 2. The molecule has 0 bridgehead atoms. The number of carbonyl (C=O) groups excluding carboxylic acids is 1. The third-order valence-corrected chi connectivity index (χ3v) is 4.21. The fourth-order valence-electron chi connectivity index (χ4n) is 2.82. The van der Waals surface area contributed by atoms with Gasteiger partial charge in [-0.3, -0.25) is 9.69 Å². The molecule has 0 saturated carbocycles. The highest BCUT2D eigenvalue weighted by molar-refractivity contribution is 6.04. The molecule has 1 aliphatic rings. The number of carbonyl (C=O) groups is 1. The van der Waals surface area contributed by atoms with Crippen molar-refractivity contribution in [3.05, 3.63) is 65.7 Å². The van der Waals surface area contributed by atoms with Crippen molar-refractivity contribution in [3.63, 3.8) is 0 Å². The molecule has 0 spiro atoms. The normalized spacial score (nSPS) is 16.2. The van der Waals surface area contributed by atoms with Gasteiger partial charge in [0.05, 0.1) is 6.10 Å². The summed E-state index contributed by atoms with van der Waals surface area (Å²) >= 11 is 0. The van der Waals surface area contributed by atoms with Crippen molar-refractivity contribution in [1.29, 1.82) is 0 Å².